The van der Waals surface area contributed by atoms with Gasteiger partial charge in [0.05, 0.1) is 0 Å². The molecule has 0 atom stereocenters. The van der Waals surface area contributed by atoms with Gasteiger partial charge in [-0.1, -0.05) is 24.6 Å². The van der Waals surface area contributed by atoms with E-state index in [-0.39, 0.29) is 0 Å². The minimum absolute atomic E-state index is 1.08. The van der Waals surface area contributed by atoms with E-state index in [1.165, 1.54) is 29.5 Å². The second-order valence-corrected chi connectivity index (χ2v) is 4.33. The molecule has 15 heavy (non-hydrogen) atoms. The van der Waals surface area contributed by atoms with Crippen LogP contribution in [-0.2, 0) is 6.42 Å². The van der Waals surface area contributed by atoms with Crippen molar-refractivity contribution in [2.75, 3.05) is 13.1 Å². The van der Waals surface area contributed by atoms with Gasteiger partial charge in [0.2, 0.25) is 0 Å². The van der Waals surface area contributed by atoms with Crippen LogP contribution in [0.25, 0.3) is 0 Å². The van der Waals surface area contributed by atoms with Crippen LogP contribution >= 0.6 is 0 Å². The van der Waals surface area contributed by atoms with Crippen molar-refractivity contribution in [2.45, 2.75) is 40.5 Å². The van der Waals surface area contributed by atoms with Gasteiger partial charge in [-0.15, -0.1) is 0 Å². The molecule has 1 rings (SSSR count). The molecule has 1 aromatic carbocycles. The van der Waals surface area contributed by atoms with Crippen LogP contribution < -0.4 is 5.32 Å². The monoisotopic (exact) mass is 205 g/mol. The summed E-state index contributed by atoms with van der Waals surface area (Å²) in [5.74, 6) is 0. The van der Waals surface area contributed by atoms with Gasteiger partial charge < -0.3 is 5.32 Å². The van der Waals surface area contributed by atoms with Crippen LogP contribution in [0.3, 0.4) is 0 Å². The zero-order valence-electron chi connectivity index (χ0n) is 10.5. The standard InChI is InChI=1S/C14H23N/c1-5-15-8-6-7-14-12(3)9-11(2)10-13(14)4/h9-10,15H,5-8H2,1-4H3. The quantitative estimate of drug-likeness (QED) is 0.728. The molecule has 0 heterocycles. The largest absolute Gasteiger partial charge is 0.317 e. The first-order chi connectivity index (χ1) is 7.15. The van der Waals surface area contributed by atoms with Gasteiger partial charge in [0.25, 0.3) is 0 Å². The van der Waals surface area contributed by atoms with Crippen molar-refractivity contribution in [1.82, 2.24) is 5.32 Å². The number of hydrogen-bond donors (Lipinski definition) is 1. The van der Waals surface area contributed by atoms with E-state index in [2.05, 4.69) is 45.1 Å². The lowest BCUT2D eigenvalue weighted by Crippen LogP contribution is -2.14. The first-order valence-corrected chi connectivity index (χ1v) is 5.92. The number of benzene rings is 1. The maximum atomic E-state index is 3.37. The van der Waals surface area contributed by atoms with Gasteiger partial charge in [-0.05, 0) is 63.4 Å². The minimum atomic E-state index is 1.08. The Labute approximate surface area is 93.9 Å². The maximum Gasteiger partial charge on any atom is -0.00459 e. The molecule has 0 saturated heterocycles. The first kappa shape index (κ1) is 12.3. The Morgan fingerprint density at radius 3 is 2.20 bits per heavy atom. The Kier molecular flexibility index (Phi) is 4.83. The minimum Gasteiger partial charge on any atom is -0.317 e. The van der Waals surface area contributed by atoms with Crippen LogP contribution in [-0.4, -0.2) is 13.1 Å². The van der Waals surface area contributed by atoms with E-state index in [4.69, 9.17) is 0 Å². The number of aryl methyl sites for hydroxylation is 3. The third-order valence-corrected chi connectivity index (χ3v) is 2.87. The zero-order chi connectivity index (χ0) is 11.3. The molecule has 0 saturated carbocycles. The molecule has 0 aromatic heterocycles. The molecular weight excluding hydrogens is 182 g/mol. The lowest BCUT2D eigenvalue weighted by Gasteiger charge is -2.11. The predicted molar refractivity (Wildman–Crippen MR) is 67.5 cm³/mol. The van der Waals surface area contributed by atoms with Crippen molar-refractivity contribution in [3.05, 3.63) is 34.4 Å². The molecule has 1 aromatic rings. The Morgan fingerprint density at radius 1 is 1.07 bits per heavy atom. The Bertz CT molecular complexity index is 292. The van der Waals surface area contributed by atoms with Crippen molar-refractivity contribution >= 4 is 0 Å². The highest BCUT2D eigenvalue weighted by molar-refractivity contribution is 5.37. The summed E-state index contributed by atoms with van der Waals surface area (Å²) >= 11 is 0. The fourth-order valence-electron chi connectivity index (χ4n) is 2.17. The molecule has 0 bridgehead atoms. The summed E-state index contributed by atoms with van der Waals surface area (Å²) in [6.07, 6.45) is 2.43. The predicted octanol–water partition coefficient (Wildman–Crippen LogP) is 3.15. The van der Waals surface area contributed by atoms with E-state index in [1.807, 2.05) is 0 Å². The van der Waals surface area contributed by atoms with Crippen LogP contribution in [0.5, 0.6) is 0 Å². The average Bonchev–Trinajstić information content (AvgIpc) is 2.15. The van der Waals surface area contributed by atoms with Gasteiger partial charge in [0, 0.05) is 0 Å². The lowest BCUT2D eigenvalue weighted by atomic mass is 9.96. The second-order valence-electron chi connectivity index (χ2n) is 4.33. The van der Waals surface area contributed by atoms with Gasteiger partial charge in [-0.3, -0.25) is 0 Å². The van der Waals surface area contributed by atoms with Crippen molar-refractivity contribution < 1.29 is 0 Å². The van der Waals surface area contributed by atoms with E-state index in [0.717, 1.165) is 13.1 Å². The highest BCUT2D eigenvalue weighted by Crippen LogP contribution is 2.17. The summed E-state index contributed by atoms with van der Waals surface area (Å²) in [5, 5.41) is 3.37. The van der Waals surface area contributed by atoms with Crippen molar-refractivity contribution in [3.8, 4) is 0 Å². The van der Waals surface area contributed by atoms with Crippen LogP contribution in [0, 0.1) is 20.8 Å². The topological polar surface area (TPSA) is 12.0 Å². The summed E-state index contributed by atoms with van der Waals surface area (Å²) in [6.45, 7) is 11.0. The van der Waals surface area contributed by atoms with E-state index in [0.29, 0.717) is 0 Å². The molecule has 1 nitrogen and oxygen atoms in total. The van der Waals surface area contributed by atoms with E-state index in [9.17, 15) is 0 Å². The number of rotatable bonds is 5. The van der Waals surface area contributed by atoms with Gasteiger partial charge in [0.15, 0.2) is 0 Å². The molecule has 0 aliphatic heterocycles. The smallest absolute Gasteiger partial charge is 0.00459 e. The van der Waals surface area contributed by atoms with E-state index >= 15 is 0 Å². The third kappa shape index (κ3) is 3.67. The van der Waals surface area contributed by atoms with Crippen LogP contribution in [0.4, 0.5) is 0 Å². The molecular formula is C14H23N. The molecule has 1 heteroatoms. The molecule has 0 spiro atoms. The molecule has 84 valence electrons. The van der Waals surface area contributed by atoms with Crippen molar-refractivity contribution in [2.24, 2.45) is 0 Å². The SMILES string of the molecule is CCNCCCc1c(C)cc(C)cc1C. The summed E-state index contributed by atoms with van der Waals surface area (Å²) in [6, 6.07) is 4.57. The second kappa shape index (κ2) is 5.92. The third-order valence-electron chi connectivity index (χ3n) is 2.87. The van der Waals surface area contributed by atoms with Crippen molar-refractivity contribution in [1.29, 1.82) is 0 Å². The fraction of sp³-hybridized carbons (Fsp3) is 0.571. The average molecular weight is 205 g/mol. The Hall–Kier alpha value is -0.820. The molecule has 0 amide bonds. The van der Waals surface area contributed by atoms with Crippen LogP contribution in [0.15, 0.2) is 12.1 Å². The lowest BCUT2D eigenvalue weighted by molar-refractivity contribution is 0.670. The summed E-state index contributed by atoms with van der Waals surface area (Å²) in [4.78, 5) is 0. The molecule has 0 aliphatic rings. The van der Waals surface area contributed by atoms with Crippen LogP contribution in [0.2, 0.25) is 0 Å². The fourth-order valence-corrected chi connectivity index (χ4v) is 2.17. The molecule has 0 radical (unpaired) electrons. The highest BCUT2D eigenvalue weighted by Gasteiger charge is 2.02. The number of nitrogens with one attached hydrogen (secondary N) is 1. The Morgan fingerprint density at radius 2 is 1.67 bits per heavy atom. The van der Waals surface area contributed by atoms with Gasteiger partial charge >= 0.3 is 0 Å². The van der Waals surface area contributed by atoms with E-state index < -0.39 is 0 Å². The summed E-state index contributed by atoms with van der Waals surface area (Å²) in [7, 11) is 0. The molecule has 0 fully saturated rings. The normalized spacial score (nSPS) is 10.7. The van der Waals surface area contributed by atoms with Crippen LogP contribution in [0.1, 0.15) is 35.6 Å². The van der Waals surface area contributed by atoms with Crippen molar-refractivity contribution in [3.63, 3.8) is 0 Å². The van der Waals surface area contributed by atoms with Gasteiger partial charge in [-0.25, -0.2) is 0 Å². The zero-order valence-corrected chi connectivity index (χ0v) is 10.5. The molecule has 1 N–H and O–H groups in total. The molecule has 0 unspecified atom stereocenters. The maximum absolute atomic E-state index is 3.37. The number of hydrogen-bond acceptors (Lipinski definition) is 1. The van der Waals surface area contributed by atoms with Gasteiger partial charge in [0.1, 0.15) is 0 Å². The Balaban J connectivity index is 2.60. The highest BCUT2D eigenvalue weighted by atomic mass is 14.8. The first-order valence-electron chi connectivity index (χ1n) is 5.92. The summed E-state index contributed by atoms with van der Waals surface area (Å²) < 4.78 is 0. The summed E-state index contributed by atoms with van der Waals surface area (Å²) in [5.41, 5.74) is 5.81. The van der Waals surface area contributed by atoms with E-state index in [1.54, 1.807) is 5.56 Å². The van der Waals surface area contributed by atoms with Gasteiger partial charge in [-0.2, -0.15) is 0 Å². The molecule has 0 aliphatic carbocycles.